The number of pyridine rings is 1. The Morgan fingerprint density at radius 2 is 2.00 bits per heavy atom. The van der Waals surface area contributed by atoms with Gasteiger partial charge in [0.1, 0.15) is 0 Å². The zero-order valence-electron chi connectivity index (χ0n) is 15.5. The van der Waals surface area contributed by atoms with Crippen molar-refractivity contribution in [3.8, 4) is 0 Å². The Morgan fingerprint density at radius 3 is 2.72 bits per heavy atom. The van der Waals surface area contributed by atoms with Gasteiger partial charge in [-0.3, -0.25) is 4.98 Å². The molecule has 3 heterocycles. The SMILES string of the molecule is Cc1cc(Nc2nc(C)c(C)s2)cc([C@@H]2CCCN(CC3CC3)C2)n1. The lowest BCUT2D eigenvalue weighted by atomic mass is 9.93. The third-order valence-electron chi connectivity index (χ3n) is 5.39. The third kappa shape index (κ3) is 4.21. The lowest BCUT2D eigenvalue weighted by molar-refractivity contribution is 0.198. The molecule has 0 aromatic carbocycles. The minimum absolute atomic E-state index is 0.563. The zero-order valence-corrected chi connectivity index (χ0v) is 16.3. The smallest absolute Gasteiger partial charge is 0.187 e. The van der Waals surface area contributed by atoms with Crippen molar-refractivity contribution in [3.63, 3.8) is 0 Å². The maximum Gasteiger partial charge on any atom is 0.187 e. The summed E-state index contributed by atoms with van der Waals surface area (Å²) in [6, 6.07) is 4.37. The van der Waals surface area contributed by atoms with Crippen molar-refractivity contribution in [2.24, 2.45) is 5.92 Å². The second-order valence-electron chi connectivity index (χ2n) is 7.75. The summed E-state index contributed by atoms with van der Waals surface area (Å²) in [7, 11) is 0. The van der Waals surface area contributed by atoms with Gasteiger partial charge in [-0.05, 0) is 71.0 Å². The molecule has 2 aromatic heterocycles. The molecule has 1 aliphatic carbocycles. The second kappa shape index (κ2) is 7.04. The van der Waals surface area contributed by atoms with Crippen LogP contribution >= 0.6 is 11.3 Å². The first-order valence-corrected chi connectivity index (χ1v) is 10.3. The van der Waals surface area contributed by atoms with Gasteiger partial charge in [-0.1, -0.05) is 0 Å². The van der Waals surface area contributed by atoms with Gasteiger partial charge < -0.3 is 10.2 Å². The highest BCUT2D eigenvalue weighted by molar-refractivity contribution is 7.15. The number of rotatable bonds is 5. The summed E-state index contributed by atoms with van der Waals surface area (Å²) in [5, 5.41) is 4.47. The van der Waals surface area contributed by atoms with Crippen molar-refractivity contribution in [3.05, 3.63) is 34.1 Å². The van der Waals surface area contributed by atoms with Crippen LogP contribution in [-0.2, 0) is 0 Å². The maximum atomic E-state index is 4.87. The van der Waals surface area contributed by atoms with Crippen LogP contribution in [0.2, 0.25) is 0 Å². The molecule has 4 nitrogen and oxygen atoms in total. The van der Waals surface area contributed by atoms with Crippen LogP contribution in [0.15, 0.2) is 12.1 Å². The molecule has 25 heavy (non-hydrogen) atoms. The predicted molar refractivity (Wildman–Crippen MR) is 105 cm³/mol. The number of anilines is 2. The number of hydrogen-bond acceptors (Lipinski definition) is 5. The molecule has 1 N–H and O–H groups in total. The molecule has 2 aliphatic rings. The van der Waals surface area contributed by atoms with Gasteiger partial charge in [0, 0.05) is 41.0 Å². The molecule has 2 fully saturated rings. The topological polar surface area (TPSA) is 41.1 Å². The summed E-state index contributed by atoms with van der Waals surface area (Å²) < 4.78 is 0. The summed E-state index contributed by atoms with van der Waals surface area (Å²) >= 11 is 1.72. The van der Waals surface area contributed by atoms with E-state index < -0.39 is 0 Å². The van der Waals surface area contributed by atoms with Crippen LogP contribution in [0, 0.1) is 26.7 Å². The number of nitrogens with one attached hydrogen (secondary N) is 1. The Balaban J connectivity index is 1.50. The maximum absolute atomic E-state index is 4.87. The van der Waals surface area contributed by atoms with Crippen LogP contribution in [0.25, 0.3) is 0 Å². The first-order chi connectivity index (χ1) is 12.1. The minimum atomic E-state index is 0.563. The predicted octanol–water partition coefficient (Wildman–Crippen LogP) is 4.80. The van der Waals surface area contributed by atoms with E-state index in [1.807, 2.05) is 0 Å². The number of likely N-dealkylation sites (tertiary alicyclic amines) is 1. The number of thiazole rings is 1. The van der Waals surface area contributed by atoms with Crippen molar-refractivity contribution in [2.45, 2.75) is 52.4 Å². The zero-order chi connectivity index (χ0) is 17.4. The molecule has 4 rings (SSSR count). The number of hydrogen-bond donors (Lipinski definition) is 1. The molecule has 0 unspecified atom stereocenters. The summed E-state index contributed by atoms with van der Waals surface area (Å²) in [5.74, 6) is 1.53. The Bertz CT molecular complexity index is 731. The van der Waals surface area contributed by atoms with E-state index >= 15 is 0 Å². The van der Waals surface area contributed by atoms with E-state index in [9.17, 15) is 0 Å². The van der Waals surface area contributed by atoms with Crippen LogP contribution in [-0.4, -0.2) is 34.5 Å². The summed E-state index contributed by atoms with van der Waals surface area (Å²) in [6.45, 7) is 10.0. The van der Waals surface area contributed by atoms with Gasteiger partial charge in [-0.15, -0.1) is 11.3 Å². The van der Waals surface area contributed by atoms with Crippen molar-refractivity contribution < 1.29 is 0 Å². The first-order valence-electron chi connectivity index (χ1n) is 9.49. The number of nitrogens with zero attached hydrogens (tertiary/aromatic N) is 3. The minimum Gasteiger partial charge on any atom is -0.331 e. The van der Waals surface area contributed by atoms with Crippen molar-refractivity contribution >= 4 is 22.2 Å². The Labute approximate surface area is 154 Å². The molecular formula is C20H28N4S. The van der Waals surface area contributed by atoms with Gasteiger partial charge >= 0.3 is 0 Å². The quantitative estimate of drug-likeness (QED) is 0.836. The van der Waals surface area contributed by atoms with Crippen molar-refractivity contribution in [2.75, 3.05) is 25.0 Å². The largest absolute Gasteiger partial charge is 0.331 e. The third-order valence-corrected chi connectivity index (χ3v) is 6.38. The van der Waals surface area contributed by atoms with Crippen molar-refractivity contribution in [1.82, 2.24) is 14.9 Å². The lowest BCUT2D eigenvalue weighted by Gasteiger charge is -2.32. The fourth-order valence-electron chi connectivity index (χ4n) is 3.75. The summed E-state index contributed by atoms with van der Waals surface area (Å²) in [6.07, 6.45) is 5.42. The average molecular weight is 357 g/mol. The highest BCUT2D eigenvalue weighted by Crippen LogP contribution is 2.34. The first kappa shape index (κ1) is 17.0. The molecule has 0 radical (unpaired) electrons. The van der Waals surface area contributed by atoms with E-state index in [2.05, 4.69) is 48.1 Å². The van der Waals surface area contributed by atoms with E-state index in [0.717, 1.165) is 28.1 Å². The molecular weight excluding hydrogens is 328 g/mol. The normalized spacial score (nSPS) is 21.5. The van der Waals surface area contributed by atoms with E-state index in [-0.39, 0.29) is 0 Å². The molecule has 0 spiro atoms. The Hall–Kier alpha value is -1.46. The highest BCUT2D eigenvalue weighted by Gasteiger charge is 2.28. The average Bonchev–Trinajstić information content (AvgIpc) is 3.32. The number of aromatic nitrogens is 2. The van der Waals surface area contributed by atoms with Crippen LogP contribution in [0.3, 0.4) is 0 Å². The molecule has 1 saturated carbocycles. The van der Waals surface area contributed by atoms with E-state index in [1.54, 1.807) is 11.3 Å². The number of aryl methyl sites for hydroxylation is 3. The van der Waals surface area contributed by atoms with Crippen LogP contribution in [0.5, 0.6) is 0 Å². The molecule has 2 aromatic rings. The van der Waals surface area contributed by atoms with Gasteiger partial charge in [0.15, 0.2) is 5.13 Å². The van der Waals surface area contributed by atoms with E-state index in [1.165, 1.54) is 55.9 Å². The molecule has 134 valence electrons. The van der Waals surface area contributed by atoms with Crippen LogP contribution in [0.1, 0.15) is 53.6 Å². The van der Waals surface area contributed by atoms with Gasteiger partial charge in [-0.25, -0.2) is 4.98 Å². The Kier molecular flexibility index (Phi) is 4.78. The summed E-state index contributed by atoms with van der Waals surface area (Å²) in [4.78, 5) is 13.4. The summed E-state index contributed by atoms with van der Waals surface area (Å²) in [5.41, 5.74) is 4.56. The molecule has 5 heteroatoms. The lowest BCUT2D eigenvalue weighted by Crippen LogP contribution is -2.36. The van der Waals surface area contributed by atoms with E-state index in [4.69, 9.17) is 4.98 Å². The Morgan fingerprint density at radius 1 is 1.16 bits per heavy atom. The number of piperidine rings is 1. The fraction of sp³-hybridized carbons (Fsp3) is 0.600. The second-order valence-corrected chi connectivity index (χ2v) is 8.95. The highest BCUT2D eigenvalue weighted by atomic mass is 32.1. The fourth-order valence-corrected chi connectivity index (χ4v) is 4.59. The van der Waals surface area contributed by atoms with Gasteiger partial charge in [0.2, 0.25) is 0 Å². The van der Waals surface area contributed by atoms with Crippen molar-refractivity contribution in [1.29, 1.82) is 0 Å². The monoisotopic (exact) mass is 356 g/mol. The van der Waals surface area contributed by atoms with Gasteiger partial charge in [-0.2, -0.15) is 0 Å². The molecule has 1 aliphatic heterocycles. The molecule has 0 amide bonds. The van der Waals surface area contributed by atoms with Crippen LogP contribution in [0.4, 0.5) is 10.8 Å². The standard InChI is InChI=1S/C20H28N4S/c1-13-9-18(23-20-22-14(2)15(3)25-20)10-19(21-13)17-5-4-8-24(12-17)11-16-6-7-16/h9-10,16-17H,4-8,11-12H2,1-3H3,(H,21,22,23)/t17-/m1/s1. The molecule has 1 saturated heterocycles. The molecule has 1 atom stereocenters. The van der Waals surface area contributed by atoms with Crippen LogP contribution < -0.4 is 5.32 Å². The van der Waals surface area contributed by atoms with Gasteiger partial charge in [0.05, 0.1) is 5.69 Å². The van der Waals surface area contributed by atoms with E-state index in [0.29, 0.717) is 5.92 Å². The van der Waals surface area contributed by atoms with Gasteiger partial charge in [0.25, 0.3) is 0 Å². The molecule has 0 bridgehead atoms.